The maximum atomic E-state index is 14.8. The van der Waals surface area contributed by atoms with Gasteiger partial charge < -0.3 is 14.6 Å². The number of nitrogens with one attached hydrogen (secondary N) is 2. The zero-order valence-corrected chi connectivity index (χ0v) is 17.5. The number of nitrogens with zero attached hydrogens (tertiary/aromatic N) is 1. The Kier molecular flexibility index (Phi) is 6.92. The predicted octanol–water partition coefficient (Wildman–Crippen LogP) is 3.62. The fourth-order valence-electron chi connectivity index (χ4n) is 3.58. The topological polar surface area (TPSA) is 73.8 Å². The maximum Gasteiger partial charge on any atom is 0.414 e. The summed E-state index contributed by atoms with van der Waals surface area (Å²) in [6, 6.07) is 4.62. The minimum Gasteiger partial charge on any atom is -0.442 e. The molecule has 1 amide bonds. The summed E-state index contributed by atoms with van der Waals surface area (Å²) in [4.78, 5) is 12.8. The first-order valence-corrected chi connectivity index (χ1v) is 11.6. The quantitative estimate of drug-likeness (QED) is 0.574. The first-order valence-electron chi connectivity index (χ1n) is 9.25. The van der Waals surface area contributed by atoms with Gasteiger partial charge in [0.2, 0.25) is 0 Å². The standard InChI is InChI=1S/C18H24F3N3O3S2/c1-22-29(26)6-4-11(5-7-29)14-3-2-12(8-15(14)19)24-10-13(27-18(24)25)9-23-17(28)16(20)21/h2-3,8,11,13,16,22,26H,4-7,9-10H2,1H3,(H,23,28)/t13-/m0/s1. The number of anilines is 1. The average Bonchev–Trinajstić information content (AvgIpc) is 3.07. The molecule has 1 aromatic rings. The minimum atomic E-state index is -2.77. The van der Waals surface area contributed by atoms with Gasteiger partial charge >= 0.3 is 6.09 Å². The SMILES string of the molecule is CNS1(O)CCC(c2ccc(N3C[C@H](CNC(=S)C(F)F)OC3=O)cc2F)CC1. The lowest BCUT2D eigenvalue weighted by atomic mass is 9.93. The van der Waals surface area contributed by atoms with Crippen LogP contribution in [0.25, 0.3) is 0 Å². The molecule has 0 aromatic heterocycles. The van der Waals surface area contributed by atoms with Crippen molar-refractivity contribution in [2.24, 2.45) is 0 Å². The van der Waals surface area contributed by atoms with Crippen molar-refractivity contribution in [1.29, 1.82) is 0 Å². The van der Waals surface area contributed by atoms with Gasteiger partial charge in [0.05, 0.1) is 18.8 Å². The average molecular weight is 452 g/mol. The summed E-state index contributed by atoms with van der Waals surface area (Å²) >= 11 is 4.50. The van der Waals surface area contributed by atoms with Crippen LogP contribution in [0.5, 0.6) is 0 Å². The summed E-state index contributed by atoms with van der Waals surface area (Å²) < 4.78 is 58.1. The summed E-state index contributed by atoms with van der Waals surface area (Å²) in [6.07, 6.45) is -2.72. The van der Waals surface area contributed by atoms with Crippen LogP contribution in [-0.2, 0) is 4.74 Å². The molecule has 1 aromatic carbocycles. The van der Waals surface area contributed by atoms with Crippen molar-refractivity contribution >= 4 is 39.5 Å². The third-order valence-electron chi connectivity index (χ3n) is 5.30. The van der Waals surface area contributed by atoms with E-state index in [2.05, 4.69) is 22.3 Å². The number of amides is 1. The van der Waals surface area contributed by atoms with E-state index in [1.807, 2.05) is 0 Å². The van der Waals surface area contributed by atoms with Crippen LogP contribution < -0.4 is 14.9 Å². The Bertz CT molecular complexity index is 776. The van der Waals surface area contributed by atoms with Crippen molar-refractivity contribution in [3.8, 4) is 0 Å². The number of thiocarbonyl (C=S) groups is 1. The molecule has 0 bridgehead atoms. The predicted molar refractivity (Wildman–Crippen MR) is 112 cm³/mol. The van der Waals surface area contributed by atoms with Gasteiger partial charge in [0, 0.05) is 11.5 Å². The van der Waals surface area contributed by atoms with Gasteiger partial charge in [0.25, 0.3) is 6.43 Å². The van der Waals surface area contributed by atoms with E-state index in [9.17, 15) is 22.5 Å². The molecule has 162 valence electrons. The number of ether oxygens (including phenoxy) is 1. The number of hydrogen-bond donors (Lipinski definition) is 3. The summed E-state index contributed by atoms with van der Waals surface area (Å²) in [7, 11) is -0.0475. The van der Waals surface area contributed by atoms with E-state index < -0.39 is 39.9 Å². The van der Waals surface area contributed by atoms with Crippen LogP contribution in [-0.4, -0.2) is 59.8 Å². The Morgan fingerprint density at radius 3 is 2.69 bits per heavy atom. The second-order valence-electron chi connectivity index (χ2n) is 7.10. The van der Waals surface area contributed by atoms with Crippen LogP contribution in [0, 0.1) is 5.82 Å². The molecule has 0 saturated carbocycles. The van der Waals surface area contributed by atoms with Crippen LogP contribution in [0.2, 0.25) is 0 Å². The fourth-order valence-corrected chi connectivity index (χ4v) is 5.63. The summed E-state index contributed by atoms with van der Waals surface area (Å²) in [5, 5.41) is 2.37. The van der Waals surface area contributed by atoms with Gasteiger partial charge in [-0.15, -0.1) is 0 Å². The van der Waals surface area contributed by atoms with Crippen molar-refractivity contribution in [1.82, 2.24) is 10.0 Å². The molecule has 0 aliphatic carbocycles. The monoisotopic (exact) mass is 451 g/mol. The van der Waals surface area contributed by atoms with Gasteiger partial charge in [-0.2, -0.15) is 0 Å². The molecule has 2 heterocycles. The van der Waals surface area contributed by atoms with Crippen molar-refractivity contribution in [3.05, 3.63) is 29.6 Å². The van der Waals surface area contributed by atoms with E-state index in [1.165, 1.54) is 11.0 Å². The van der Waals surface area contributed by atoms with Crippen LogP contribution in [0.15, 0.2) is 18.2 Å². The largest absolute Gasteiger partial charge is 0.442 e. The smallest absolute Gasteiger partial charge is 0.414 e. The molecule has 6 nitrogen and oxygen atoms in total. The molecule has 1 atom stereocenters. The molecular weight excluding hydrogens is 427 g/mol. The Labute approximate surface area is 174 Å². The zero-order valence-electron chi connectivity index (χ0n) is 15.9. The van der Waals surface area contributed by atoms with Gasteiger partial charge in [-0.1, -0.05) is 28.8 Å². The molecule has 11 heteroatoms. The van der Waals surface area contributed by atoms with E-state index in [0.29, 0.717) is 35.6 Å². The van der Waals surface area contributed by atoms with E-state index in [0.717, 1.165) is 0 Å². The van der Waals surface area contributed by atoms with E-state index in [-0.39, 0.29) is 19.0 Å². The van der Waals surface area contributed by atoms with Crippen molar-refractivity contribution < 1.29 is 27.3 Å². The summed E-state index contributed by atoms with van der Waals surface area (Å²) in [5.74, 6) is 0.833. The lowest BCUT2D eigenvalue weighted by Crippen LogP contribution is -2.36. The van der Waals surface area contributed by atoms with Gasteiger partial charge in [-0.25, -0.2) is 18.0 Å². The Hall–Kier alpha value is -1.56. The van der Waals surface area contributed by atoms with Crippen LogP contribution in [0.1, 0.15) is 24.3 Å². The molecule has 2 fully saturated rings. The molecule has 0 radical (unpaired) electrons. The number of carbonyl (C=O) groups is 1. The summed E-state index contributed by atoms with van der Waals surface area (Å²) in [6.45, 7) is 0.0726. The van der Waals surface area contributed by atoms with Crippen molar-refractivity contribution in [2.75, 3.05) is 36.5 Å². The minimum absolute atomic E-state index is 0.0167. The maximum absolute atomic E-state index is 14.8. The normalized spacial score (nSPS) is 29.4. The number of rotatable bonds is 6. The lowest BCUT2D eigenvalue weighted by Gasteiger charge is -2.40. The Morgan fingerprint density at radius 2 is 2.10 bits per heavy atom. The molecule has 2 saturated heterocycles. The molecule has 3 rings (SSSR count). The highest BCUT2D eigenvalue weighted by atomic mass is 32.3. The second-order valence-corrected chi connectivity index (χ2v) is 10.4. The van der Waals surface area contributed by atoms with Crippen LogP contribution in [0.3, 0.4) is 0 Å². The number of carbonyl (C=O) groups excluding carboxylic acids is 1. The van der Waals surface area contributed by atoms with Gasteiger partial charge in [-0.05, 0) is 43.5 Å². The first-order chi connectivity index (χ1) is 13.7. The van der Waals surface area contributed by atoms with E-state index in [4.69, 9.17) is 4.74 Å². The molecular formula is C18H24F3N3O3S2. The van der Waals surface area contributed by atoms with Gasteiger partial charge in [0.15, 0.2) is 0 Å². The molecule has 2 aliphatic rings. The Balaban J connectivity index is 1.63. The van der Waals surface area contributed by atoms with Gasteiger partial charge in [0.1, 0.15) is 16.9 Å². The molecule has 3 N–H and O–H groups in total. The van der Waals surface area contributed by atoms with Crippen molar-refractivity contribution in [2.45, 2.75) is 31.3 Å². The molecule has 0 unspecified atom stereocenters. The number of cyclic esters (lactones) is 1. The third kappa shape index (κ3) is 5.14. The third-order valence-corrected chi connectivity index (χ3v) is 8.20. The summed E-state index contributed by atoms with van der Waals surface area (Å²) in [5.41, 5.74) is 0.919. The van der Waals surface area contributed by atoms with Crippen molar-refractivity contribution in [3.63, 3.8) is 0 Å². The van der Waals surface area contributed by atoms with Crippen LogP contribution >= 0.6 is 22.7 Å². The highest BCUT2D eigenvalue weighted by Gasteiger charge is 2.34. The lowest BCUT2D eigenvalue weighted by molar-refractivity contribution is 0.142. The fraction of sp³-hybridized carbons (Fsp3) is 0.556. The number of halogens is 3. The zero-order chi connectivity index (χ0) is 21.2. The highest BCUT2D eigenvalue weighted by Crippen LogP contribution is 2.48. The van der Waals surface area contributed by atoms with E-state index >= 15 is 0 Å². The molecule has 2 aliphatic heterocycles. The number of alkyl halides is 2. The number of benzene rings is 1. The van der Waals surface area contributed by atoms with Crippen LogP contribution in [0.4, 0.5) is 23.7 Å². The molecule has 0 spiro atoms. The Morgan fingerprint density at radius 1 is 1.41 bits per heavy atom. The second kappa shape index (κ2) is 9.07. The highest BCUT2D eigenvalue weighted by molar-refractivity contribution is 8.27. The van der Waals surface area contributed by atoms with Gasteiger partial charge in [-0.3, -0.25) is 9.62 Å². The first kappa shape index (κ1) is 22.1. The van der Waals surface area contributed by atoms with E-state index in [1.54, 1.807) is 19.2 Å². The molecule has 29 heavy (non-hydrogen) atoms. The number of hydrogen-bond acceptors (Lipinski definition) is 5.